The first-order chi connectivity index (χ1) is 8.77. The summed E-state index contributed by atoms with van der Waals surface area (Å²) in [6, 6.07) is 13.2. The van der Waals surface area contributed by atoms with Crippen LogP contribution in [0.3, 0.4) is 0 Å². The molecule has 0 radical (unpaired) electrons. The van der Waals surface area contributed by atoms with E-state index in [9.17, 15) is 0 Å². The molecule has 2 aliphatic heterocycles. The van der Waals surface area contributed by atoms with Gasteiger partial charge in [-0.2, -0.15) is 0 Å². The Morgan fingerprint density at radius 1 is 1.00 bits per heavy atom. The number of likely N-dealkylation sites (N-methyl/N-ethyl adjacent to an activating group) is 1. The van der Waals surface area contributed by atoms with Crippen molar-refractivity contribution in [2.24, 2.45) is 0 Å². The summed E-state index contributed by atoms with van der Waals surface area (Å²) in [5.74, 6) is 0.546. The normalized spacial score (nSPS) is 24.8. The number of hydrogen-bond acceptors (Lipinski definition) is 2. The van der Waals surface area contributed by atoms with Gasteiger partial charge in [0, 0.05) is 30.8 Å². The molecule has 2 heterocycles. The monoisotopic (exact) mass is 236 g/mol. The molecule has 0 bridgehead atoms. The zero-order valence-corrected chi connectivity index (χ0v) is 10.7. The van der Waals surface area contributed by atoms with E-state index in [-0.39, 0.29) is 0 Å². The van der Waals surface area contributed by atoms with Gasteiger partial charge in [0.05, 0.1) is 5.69 Å². The maximum atomic E-state index is 2.42. The lowest BCUT2D eigenvalue weighted by Crippen LogP contribution is -2.35. The van der Waals surface area contributed by atoms with Crippen molar-refractivity contribution in [3.63, 3.8) is 0 Å². The first-order valence-corrected chi connectivity index (χ1v) is 6.47. The lowest BCUT2D eigenvalue weighted by Gasteiger charge is -2.27. The highest BCUT2D eigenvalue weighted by molar-refractivity contribution is 5.98. The molecule has 0 amide bonds. The van der Waals surface area contributed by atoms with Crippen LogP contribution in [0.1, 0.15) is 18.4 Å². The van der Waals surface area contributed by atoms with Crippen molar-refractivity contribution in [1.29, 1.82) is 0 Å². The van der Waals surface area contributed by atoms with Crippen molar-refractivity contribution in [3.8, 4) is 0 Å². The molecular formula is C16H16N2. The van der Waals surface area contributed by atoms with Gasteiger partial charge < -0.3 is 9.80 Å². The molecule has 2 nitrogen and oxygen atoms in total. The first-order valence-electron chi connectivity index (χ1n) is 6.47. The molecule has 90 valence electrons. The van der Waals surface area contributed by atoms with Crippen LogP contribution < -0.4 is 4.90 Å². The van der Waals surface area contributed by atoms with Crippen LogP contribution in [-0.4, -0.2) is 18.1 Å². The molecule has 18 heavy (non-hydrogen) atoms. The Balaban J connectivity index is 2.04. The van der Waals surface area contributed by atoms with Crippen molar-refractivity contribution < 1.29 is 0 Å². The smallest absolute Gasteiger partial charge is 0.112 e. The van der Waals surface area contributed by atoms with Crippen LogP contribution in [-0.2, 0) is 0 Å². The molecule has 2 unspecified atom stereocenters. The summed E-state index contributed by atoms with van der Waals surface area (Å²) in [7, 11) is 2.16. The standard InChI is InChI=1S/C16H16N2/c1-11-13-8-7-12-5-3-4-6-14(12)15(13)18-10-9-17(2)16(11)18/h3-11,16H,1-2H3. The van der Waals surface area contributed by atoms with Crippen LogP contribution in [0.15, 0.2) is 48.8 Å². The van der Waals surface area contributed by atoms with Gasteiger partial charge in [-0.1, -0.05) is 43.3 Å². The third-order valence-corrected chi connectivity index (χ3v) is 4.29. The molecule has 2 atom stereocenters. The van der Waals surface area contributed by atoms with Gasteiger partial charge in [0.1, 0.15) is 6.17 Å². The SMILES string of the molecule is CC1c2ccc3ccccc3c2N2C=CN(C)C12. The van der Waals surface area contributed by atoms with E-state index in [0.29, 0.717) is 12.1 Å². The van der Waals surface area contributed by atoms with E-state index in [2.05, 4.69) is 72.6 Å². The highest BCUT2D eigenvalue weighted by Crippen LogP contribution is 2.47. The molecule has 0 fully saturated rings. The summed E-state index contributed by atoms with van der Waals surface area (Å²) in [6.07, 6.45) is 4.83. The molecule has 2 aromatic carbocycles. The summed E-state index contributed by atoms with van der Waals surface area (Å²) in [6.45, 7) is 2.32. The van der Waals surface area contributed by atoms with E-state index < -0.39 is 0 Å². The molecule has 2 aliphatic rings. The van der Waals surface area contributed by atoms with E-state index in [4.69, 9.17) is 0 Å². The van der Waals surface area contributed by atoms with Gasteiger partial charge >= 0.3 is 0 Å². The Hall–Kier alpha value is -1.96. The number of nitrogens with zero attached hydrogens (tertiary/aromatic N) is 2. The van der Waals surface area contributed by atoms with Crippen molar-refractivity contribution in [1.82, 2.24) is 4.90 Å². The van der Waals surface area contributed by atoms with Gasteiger partial charge in [-0.05, 0) is 10.9 Å². The van der Waals surface area contributed by atoms with Crippen molar-refractivity contribution >= 4 is 16.5 Å². The van der Waals surface area contributed by atoms with Crippen LogP contribution >= 0.6 is 0 Å². The number of anilines is 1. The maximum absolute atomic E-state index is 2.42. The molecule has 0 aliphatic carbocycles. The average Bonchev–Trinajstić information content (AvgIpc) is 2.90. The number of benzene rings is 2. The van der Waals surface area contributed by atoms with Crippen molar-refractivity contribution in [3.05, 3.63) is 54.4 Å². The van der Waals surface area contributed by atoms with Crippen molar-refractivity contribution in [2.45, 2.75) is 19.0 Å². The molecule has 4 rings (SSSR count). The Bertz CT molecular complexity index is 659. The fourth-order valence-electron chi connectivity index (χ4n) is 3.44. The van der Waals surface area contributed by atoms with Gasteiger partial charge in [-0.25, -0.2) is 0 Å². The lowest BCUT2D eigenvalue weighted by molar-refractivity contribution is 0.333. The van der Waals surface area contributed by atoms with Crippen molar-refractivity contribution in [2.75, 3.05) is 11.9 Å². The highest BCUT2D eigenvalue weighted by Gasteiger charge is 2.40. The number of hydrogen-bond donors (Lipinski definition) is 0. The third-order valence-electron chi connectivity index (χ3n) is 4.29. The van der Waals surface area contributed by atoms with E-state index in [0.717, 1.165) is 0 Å². The minimum absolute atomic E-state index is 0.450. The summed E-state index contributed by atoms with van der Waals surface area (Å²) in [4.78, 5) is 4.72. The third kappa shape index (κ3) is 1.08. The fourth-order valence-corrected chi connectivity index (χ4v) is 3.44. The zero-order valence-electron chi connectivity index (χ0n) is 10.7. The highest BCUT2D eigenvalue weighted by atomic mass is 15.4. The summed E-state index contributed by atoms with van der Waals surface area (Å²) in [5, 5.41) is 2.69. The van der Waals surface area contributed by atoms with Gasteiger partial charge in [-0.3, -0.25) is 0 Å². The second kappa shape index (κ2) is 3.29. The van der Waals surface area contributed by atoms with Gasteiger partial charge in [-0.15, -0.1) is 0 Å². The maximum Gasteiger partial charge on any atom is 0.112 e. The molecular weight excluding hydrogens is 220 g/mol. The average molecular weight is 236 g/mol. The molecule has 0 saturated carbocycles. The lowest BCUT2D eigenvalue weighted by atomic mass is 9.97. The van der Waals surface area contributed by atoms with Gasteiger partial charge in [0.15, 0.2) is 0 Å². The zero-order chi connectivity index (χ0) is 12.3. The second-order valence-corrected chi connectivity index (χ2v) is 5.30. The molecule has 0 saturated heterocycles. The quantitative estimate of drug-likeness (QED) is 0.690. The Labute approximate surface area is 107 Å². The molecule has 0 spiro atoms. The fraction of sp³-hybridized carbons (Fsp3) is 0.250. The Kier molecular flexibility index (Phi) is 1.83. The van der Waals surface area contributed by atoms with E-state index in [1.54, 1.807) is 0 Å². The second-order valence-electron chi connectivity index (χ2n) is 5.30. The molecule has 2 heteroatoms. The van der Waals surface area contributed by atoms with Crippen LogP contribution in [0.2, 0.25) is 0 Å². The van der Waals surface area contributed by atoms with Crippen LogP contribution in [0, 0.1) is 0 Å². The minimum Gasteiger partial charge on any atom is -0.358 e. The first kappa shape index (κ1) is 10.0. The van der Waals surface area contributed by atoms with E-state index in [1.807, 2.05) is 0 Å². The number of rotatable bonds is 0. The van der Waals surface area contributed by atoms with Crippen LogP contribution in [0.4, 0.5) is 5.69 Å². The predicted molar refractivity (Wildman–Crippen MR) is 75.5 cm³/mol. The Morgan fingerprint density at radius 2 is 1.83 bits per heavy atom. The molecule has 0 N–H and O–H groups in total. The Morgan fingerprint density at radius 3 is 2.72 bits per heavy atom. The van der Waals surface area contributed by atoms with Gasteiger partial charge in [0.2, 0.25) is 0 Å². The van der Waals surface area contributed by atoms with Gasteiger partial charge in [0.25, 0.3) is 0 Å². The van der Waals surface area contributed by atoms with Crippen LogP contribution in [0.5, 0.6) is 0 Å². The summed E-state index contributed by atoms with van der Waals surface area (Å²) >= 11 is 0. The molecule has 0 aromatic heterocycles. The van der Waals surface area contributed by atoms with E-state index >= 15 is 0 Å². The van der Waals surface area contributed by atoms with E-state index in [1.165, 1.54) is 22.0 Å². The number of fused-ring (bicyclic) bond motifs is 5. The summed E-state index contributed by atoms with van der Waals surface area (Å²) < 4.78 is 0. The topological polar surface area (TPSA) is 6.48 Å². The predicted octanol–water partition coefficient (Wildman–Crippen LogP) is 3.51. The summed E-state index contributed by atoms with van der Waals surface area (Å²) in [5.41, 5.74) is 2.86. The van der Waals surface area contributed by atoms with Crippen LogP contribution in [0.25, 0.3) is 10.8 Å². The minimum atomic E-state index is 0.450. The molecule has 2 aromatic rings. The largest absolute Gasteiger partial charge is 0.358 e.